The van der Waals surface area contributed by atoms with E-state index in [2.05, 4.69) is 17.4 Å². The highest BCUT2D eigenvalue weighted by molar-refractivity contribution is 8.14. The topological polar surface area (TPSA) is 33.6 Å². The number of benzene rings is 1. The fourth-order valence-electron chi connectivity index (χ4n) is 3.01. The van der Waals surface area contributed by atoms with Crippen LogP contribution in [0.15, 0.2) is 29.3 Å². The van der Waals surface area contributed by atoms with Gasteiger partial charge in [-0.25, -0.2) is 0 Å². The standard InChI is InChI=1S/C17H24N2OS/c1-12(2)20-15-9-7-14(8-10-15)18-17-19-16-6-4-3-5-13(16)11-21-17/h7-10,12-13,16H,3-6,11H2,1-2H3,(H,18,19). The molecule has 1 heterocycles. The lowest BCUT2D eigenvalue weighted by Crippen LogP contribution is -2.31. The highest BCUT2D eigenvalue weighted by Gasteiger charge is 2.29. The van der Waals surface area contributed by atoms with Crippen LogP contribution in [0.25, 0.3) is 0 Å². The van der Waals surface area contributed by atoms with Gasteiger partial charge in [0.05, 0.1) is 12.1 Å². The minimum absolute atomic E-state index is 0.213. The minimum Gasteiger partial charge on any atom is -0.491 e. The van der Waals surface area contributed by atoms with E-state index in [-0.39, 0.29) is 6.10 Å². The molecule has 0 bridgehead atoms. The number of thioether (sulfide) groups is 1. The predicted molar refractivity (Wildman–Crippen MR) is 91.5 cm³/mol. The van der Waals surface area contributed by atoms with Crippen LogP contribution in [0.5, 0.6) is 5.75 Å². The number of hydrogen-bond donors (Lipinski definition) is 1. The summed E-state index contributed by atoms with van der Waals surface area (Å²) in [5, 5.41) is 4.53. The molecule has 1 aromatic rings. The van der Waals surface area contributed by atoms with Crippen molar-refractivity contribution in [3.05, 3.63) is 24.3 Å². The van der Waals surface area contributed by atoms with Crippen molar-refractivity contribution in [1.29, 1.82) is 0 Å². The summed E-state index contributed by atoms with van der Waals surface area (Å²) in [6.45, 7) is 4.08. The van der Waals surface area contributed by atoms with Crippen molar-refractivity contribution in [3.8, 4) is 5.75 Å². The van der Waals surface area contributed by atoms with Crippen molar-refractivity contribution in [1.82, 2.24) is 0 Å². The molecule has 21 heavy (non-hydrogen) atoms. The monoisotopic (exact) mass is 304 g/mol. The van der Waals surface area contributed by atoms with E-state index in [9.17, 15) is 0 Å². The van der Waals surface area contributed by atoms with Gasteiger partial charge in [0, 0.05) is 11.4 Å². The number of hydrogen-bond acceptors (Lipinski definition) is 4. The number of aliphatic imine (C=N–C) groups is 1. The largest absolute Gasteiger partial charge is 0.491 e. The Balaban J connectivity index is 1.62. The molecular formula is C17H24N2OS. The van der Waals surface area contributed by atoms with Gasteiger partial charge in [-0.3, -0.25) is 4.99 Å². The Morgan fingerprint density at radius 2 is 1.95 bits per heavy atom. The van der Waals surface area contributed by atoms with Gasteiger partial charge in [0.25, 0.3) is 0 Å². The number of fused-ring (bicyclic) bond motifs is 1. The van der Waals surface area contributed by atoms with E-state index in [1.807, 2.05) is 37.7 Å². The summed E-state index contributed by atoms with van der Waals surface area (Å²) >= 11 is 1.87. The van der Waals surface area contributed by atoms with Gasteiger partial charge in [0.1, 0.15) is 5.75 Å². The number of nitrogens with zero attached hydrogens (tertiary/aromatic N) is 1. The molecule has 1 N–H and O–H groups in total. The smallest absolute Gasteiger partial charge is 0.161 e. The van der Waals surface area contributed by atoms with Gasteiger partial charge in [0.15, 0.2) is 5.17 Å². The van der Waals surface area contributed by atoms with Crippen LogP contribution < -0.4 is 10.1 Å². The normalized spacial score (nSPS) is 25.2. The Hall–Kier alpha value is -1.16. The molecule has 4 heteroatoms. The average Bonchev–Trinajstić information content (AvgIpc) is 2.49. The summed E-state index contributed by atoms with van der Waals surface area (Å²) in [6.07, 6.45) is 5.55. The van der Waals surface area contributed by atoms with E-state index < -0.39 is 0 Å². The second-order valence-electron chi connectivity index (χ2n) is 6.17. The third kappa shape index (κ3) is 3.94. The van der Waals surface area contributed by atoms with E-state index in [1.165, 1.54) is 31.4 Å². The maximum atomic E-state index is 5.67. The van der Waals surface area contributed by atoms with Gasteiger partial charge >= 0.3 is 0 Å². The number of ether oxygens (including phenoxy) is 1. The van der Waals surface area contributed by atoms with Crippen molar-refractivity contribution in [2.24, 2.45) is 10.9 Å². The Labute approximate surface area is 131 Å². The van der Waals surface area contributed by atoms with Crippen molar-refractivity contribution in [2.45, 2.75) is 51.7 Å². The summed E-state index contributed by atoms with van der Waals surface area (Å²) in [6, 6.07) is 8.70. The molecule has 3 nitrogen and oxygen atoms in total. The summed E-state index contributed by atoms with van der Waals surface area (Å²) in [7, 11) is 0. The van der Waals surface area contributed by atoms with E-state index in [0.29, 0.717) is 6.04 Å². The lowest BCUT2D eigenvalue weighted by atomic mass is 9.86. The Morgan fingerprint density at radius 1 is 1.19 bits per heavy atom. The molecule has 2 unspecified atom stereocenters. The molecule has 0 saturated heterocycles. The molecule has 1 aliphatic carbocycles. The van der Waals surface area contributed by atoms with E-state index >= 15 is 0 Å². The van der Waals surface area contributed by atoms with Gasteiger partial charge in [0.2, 0.25) is 0 Å². The third-order valence-corrected chi connectivity index (χ3v) is 5.14. The van der Waals surface area contributed by atoms with Gasteiger partial charge in [-0.1, -0.05) is 24.6 Å². The van der Waals surface area contributed by atoms with Crippen LogP contribution in [0.1, 0.15) is 39.5 Å². The quantitative estimate of drug-likeness (QED) is 0.889. The number of anilines is 1. The van der Waals surface area contributed by atoms with E-state index in [4.69, 9.17) is 9.73 Å². The number of rotatable bonds is 3. The minimum atomic E-state index is 0.213. The second kappa shape index (κ2) is 6.73. The molecule has 2 aliphatic rings. The fraction of sp³-hybridized carbons (Fsp3) is 0.588. The summed E-state index contributed by atoms with van der Waals surface area (Å²) in [4.78, 5) is 4.91. The lowest BCUT2D eigenvalue weighted by molar-refractivity contribution is 0.242. The van der Waals surface area contributed by atoms with Crippen LogP contribution in [0.2, 0.25) is 0 Å². The Kier molecular flexibility index (Phi) is 4.73. The first-order valence-corrected chi connectivity index (χ1v) is 8.93. The van der Waals surface area contributed by atoms with Crippen LogP contribution >= 0.6 is 11.8 Å². The zero-order valence-corrected chi connectivity index (χ0v) is 13.7. The SMILES string of the molecule is CC(C)Oc1ccc(NC2=NC3CCCCC3CS2)cc1. The molecule has 114 valence electrons. The maximum absolute atomic E-state index is 5.67. The molecule has 3 rings (SSSR count). The van der Waals surface area contributed by atoms with Crippen molar-refractivity contribution in [3.63, 3.8) is 0 Å². The summed E-state index contributed by atoms with van der Waals surface area (Å²) < 4.78 is 5.67. The van der Waals surface area contributed by atoms with Gasteiger partial charge in [-0.15, -0.1) is 0 Å². The second-order valence-corrected chi connectivity index (χ2v) is 7.18. The van der Waals surface area contributed by atoms with Gasteiger partial charge in [-0.2, -0.15) is 0 Å². The molecule has 0 radical (unpaired) electrons. The van der Waals surface area contributed by atoms with Crippen LogP contribution in [-0.4, -0.2) is 23.1 Å². The zero-order valence-electron chi connectivity index (χ0n) is 12.8. The molecule has 1 aliphatic heterocycles. The first-order valence-electron chi connectivity index (χ1n) is 7.95. The molecule has 1 aromatic carbocycles. The van der Waals surface area contributed by atoms with E-state index in [0.717, 1.165) is 22.5 Å². The Bertz CT molecular complexity index is 498. The first-order chi connectivity index (χ1) is 10.2. The summed E-state index contributed by atoms with van der Waals surface area (Å²) in [5.41, 5.74) is 1.09. The Morgan fingerprint density at radius 3 is 2.71 bits per heavy atom. The molecule has 0 amide bonds. The highest BCUT2D eigenvalue weighted by atomic mass is 32.2. The number of nitrogens with one attached hydrogen (secondary N) is 1. The van der Waals surface area contributed by atoms with Crippen LogP contribution in [0.3, 0.4) is 0 Å². The molecule has 1 saturated carbocycles. The molecule has 0 spiro atoms. The van der Waals surface area contributed by atoms with Crippen molar-refractivity contribution in [2.75, 3.05) is 11.1 Å². The van der Waals surface area contributed by atoms with Crippen molar-refractivity contribution >= 4 is 22.6 Å². The van der Waals surface area contributed by atoms with Crippen LogP contribution in [-0.2, 0) is 0 Å². The average molecular weight is 304 g/mol. The highest BCUT2D eigenvalue weighted by Crippen LogP contribution is 2.34. The zero-order chi connectivity index (χ0) is 14.7. The van der Waals surface area contributed by atoms with Crippen LogP contribution in [0.4, 0.5) is 5.69 Å². The van der Waals surface area contributed by atoms with Gasteiger partial charge in [-0.05, 0) is 56.9 Å². The molecule has 0 aromatic heterocycles. The molecular weight excluding hydrogens is 280 g/mol. The van der Waals surface area contributed by atoms with E-state index in [1.54, 1.807) is 0 Å². The first kappa shape index (κ1) is 14.8. The number of amidine groups is 1. The maximum Gasteiger partial charge on any atom is 0.161 e. The predicted octanol–water partition coefficient (Wildman–Crippen LogP) is 4.55. The lowest BCUT2D eigenvalue weighted by Gasteiger charge is -2.32. The van der Waals surface area contributed by atoms with Crippen LogP contribution in [0, 0.1) is 5.92 Å². The third-order valence-electron chi connectivity index (χ3n) is 4.06. The fourth-order valence-corrected chi connectivity index (χ4v) is 4.17. The van der Waals surface area contributed by atoms with Crippen molar-refractivity contribution < 1.29 is 4.74 Å². The summed E-state index contributed by atoms with van der Waals surface area (Å²) in [5.74, 6) is 2.93. The van der Waals surface area contributed by atoms with Gasteiger partial charge < -0.3 is 10.1 Å². The molecule has 1 fully saturated rings. The molecule has 2 atom stereocenters.